The third-order valence-corrected chi connectivity index (χ3v) is 2.59. The Morgan fingerprint density at radius 3 is 2.13 bits per heavy atom. The first-order valence-electron chi connectivity index (χ1n) is 5.34. The molecule has 0 heterocycles. The van der Waals surface area contributed by atoms with Crippen LogP contribution in [0.3, 0.4) is 0 Å². The average Bonchev–Trinajstić information content (AvgIpc) is 2.13. The molecular weight excluding hydrogens is 207 g/mol. The maximum Gasteiger partial charge on any atom is 0.522 e. The molecule has 0 bridgehead atoms. The predicted octanol–water partition coefficient (Wildman–Crippen LogP) is 2.94. The normalized spacial score (nSPS) is 14.6. The first-order chi connectivity index (χ1) is 6.90. The minimum absolute atomic E-state index is 0.233. The molecule has 1 unspecified atom stereocenters. The van der Waals surface area contributed by atoms with Crippen LogP contribution in [0, 0.1) is 5.92 Å². The van der Waals surface area contributed by atoms with E-state index in [-0.39, 0.29) is 19.2 Å². The summed E-state index contributed by atoms with van der Waals surface area (Å²) in [6.45, 7) is 6.06. The van der Waals surface area contributed by atoms with Crippen LogP contribution in [-0.4, -0.2) is 25.6 Å². The zero-order valence-corrected chi connectivity index (χ0v) is 9.53. The van der Waals surface area contributed by atoms with Crippen molar-refractivity contribution in [3.8, 4) is 0 Å². The number of hydrogen-bond donors (Lipinski definition) is 1. The van der Waals surface area contributed by atoms with E-state index < -0.39 is 6.36 Å². The Balaban J connectivity index is 3.58. The summed E-state index contributed by atoms with van der Waals surface area (Å²) >= 11 is 0. The van der Waals surface area contributed by atoms with E-state index in [4.69, 9.17) is 0 Å². The van der Waals surface area contributed by atoms with Crippen molar-refractivity contribution >= 4 is 0 Å². The lowest BCUT2D eigenvalue weighted by Gasteiger charge is -2.22. The lowest BCUT2D eigenvalue weighted by atomic mass is 9.96. The summed E-state index contributed by atoms with van der Waals surface area (Å²) in [5.41, 5.74) is 0. The molecule has 0 saturated carbocycles. The van der Waals surface area contributed by atoms with Gasteiger partial charge >= 0.3 is 6.36 Å². The van der Waals surface area contributed by atoms with Gasteiger partial charge in [0.25, 0.3) is 0 Å². The standard InChI is InChI=1S/C10H20F3NO/c1-4-9(5-2)8(3)14-6-7-15-10(11,12)13/h8-9,14H,4-7H2,1-3H3. The largest absolute Gasteiger partial charge is 0.522 e. The van der Waals surface area contributed by atoms with E-state index in [1.54, 1.807) is 0 Å². The van der Waals surface area contributed by atoms with Gasteiger partial charge in [0.2, 0.25) is 0 Å². The molecule has 0 spiro atoms. The number of nitrogens with one attached hydrogen (secondary N) is 1. The number of alkyl halides is 3. The van der Waals surface area contributed by atoms with E-state index >= 15 is 0 Å². The van der Waals surface area contributed by atoms with Gasteiger partial charge in [-0.25, -0.2) is 0 Å². The number of hydrogen-bond acceptors (Lipinski definition) is 2. The van der Waals surface area contributed by atoms with E-state index in [0.717, 1.165) is 12.8 Å². The van der Waals surface area contributed by atoms with Crippen LogP contribution in [-0.2, 0) is 4.74 Å². The molecule has 1 atom stereocenters. The van der Waals surface area contributed by atoms with Gasteiger partial charge in [-0.2, -0.15) is 0 Å². The maximum absolute atomic E-state index is 11.6. The van der Waals surface area contributed by atoms with Crippen LogP contribution >= 0.6 is 0 Å². The molecular formula is C10H20F3NO. The zero-order chi connectivity index (χ0) is 11.9. The SMILES string of the molecule is CCC(CC)C(C)NCCOC(F)(F)F. The molecule has 0 radical (unpaired) electrons. The van der Waals surface area contributed by atoms with E-state index in [2.05, 4.69) is 23.9 Å². The average molecular weight is 227 g/mol. The molecule has 2 nitrogen and oxygen atoms in total. The van der Waals surface area contributed by atoms with Gasteiger partial charge < -0.3 is 5.32 Å². The molecule has 0 fully saturated rings. The highest BCUT2D eigenvalue weighted by Crippen LogP contribution is 2.15. The molecule has 15 heavy (non-hydrogen) atoms. The Bertz CT molecular complexity index is 157. The Hall–Kier alpha value is -0.290. The second-order valence-electron chi connectivity index (χ2n) is 3.61. The fourth-order valence-electron chi connectivity index (χ4n) is 1.62. The van der Waals surface area contributed by atoms with Gasteiger partial charge in [0.1, 0.15) is 0 Å². The first-order valence-corrected chi connectivity index (χ1v) is 5.34. The molecule has 1 N–H and O–H groups in total. The van der Waals surface area contributed by atoms with E-state index in [0.29, 0.717) is 5.92 Å². The summed E-state index contributed by atoms with van der Waals surface area (Å²) in [4.78, 5) is 0. The summed E-state index contributed by atoms with van der Waals surface area (Å²) in [5.74, 6) is 0.510. The van der Waals surface area contributed by atoms with Crippen LogP contribution in [0.5, 0.6) is 0 Å². The highest BCUT2D eigenvalue weighted by atomic mass is 19.4. The molecule has 0 aromatic carbocycles. The summed E-state index contributed by atoms with van der Waals surface area (Å²) in [6, 6.07) is 0.233. The van der Waals surface area contributed by atoms with Crippen molar-refractivity contribution in [2.45, 2.75) is 46.0 Å². The summed E-state index contributed by atoms with van der Waals surface area (Å²) in [7, 11) is 0. The van der Waals surface area contributed by atoms with E-state index in [9.17, 15) is 13.2 Å². The molecule has 5 heteroatoms. The van der Waals surface area contributed by atoms with Gasteiger partial charge in [-0.3, -0.25) is 4.74 Å². The van der Waals surface area contributed by atoms with E-state index in [1.165, 1.54) is 0 Å². The fraction of sp³-hybridized carbons (Fsp3) is 1.00. The fourth-order valence-corrected chi connectivity index (χ4v) is 1.62. The zero-order valence-electron chi connectivity index (χ0n) is 9.53. The van der Waals surface area contributed by atoms with Gasteiger partial charge in [-0.05, 0) is 12.8 Å². The molecule has 0 amide bonds. The molecule has 0 aliphatic heterocycles. The van der Waals surface area contributed by atoms with Crippen molar-refractivity contribution in [1.82, 2.24) is 5.32 Å². The number of rotatable bonds is 7. The van der Waals surface area contributed by atoms with Gasteiger partial charge in [-0.1, -0.05) is 26.7 Å². The summed E-state index contributed by atoms with van der Waals surface area (Å²) in [5, 5.41) is 3.03. The molecule has 0 aromatic heterocycles. The summed E-state index contributed by atoms with van der Waals surface area (Å²) < 4.78 is 38.5. The minimum Gasteiger partial charge on any atom is -0.312 e. The molecule has 0 rings (SSSR count). The van der Waals surface area contributed by atoms with Gasteiger partial charge in [-0.15, -0.1) is 13.2 Å². The van der Waals surface area contributed by atoms with Crippen molar-refractivity contribution in [3.05, 3.63) is 0 Å². The van der Waals surface area contributed by atoms with Crippen LogP contribution in [0.25, 0.3) is 0 Å². The third kappa shape index (κ3) is 7.62. The molecule has 0 aromatic rings. The number of halogens is 3. The predicted molar refractivity (Wildman–Crippen MR) is 53.5 cm³/mol. The number of ether oxygens (including phenoxy) is 1. The van der Waals surface area contributed by atoms with Crippen molar-refractivity contribution < 1.29 is 17.9 Å². The van der Waals surface area contributed by atoms with Gasteiger partial charge in [0.15, 0.2) is 0 Å². The Kier molecular flexibility index (Phi) is 6.92. The quantitative estimate of drug-likeness (QED) is 0.675. The Morgan fingerprint density at radius 1 is 1.20 bits per heavy atom. The maximum atomic E-state index is 11.6. The van der Waals surface area contributed by atoms with E-state index in [1.807, 2.05) is 6.92 Å². The van der Waals surface area contributed by atoms with Crippen molar-refractivity contribution in [2.24, 2.45) is 5.92 Å². The Labute approximate surface area is 89.2 Å². The molecule has 92 valence electrons. The minimum atomic E-state index is -4.51. The lowest BCUT2D eigenvalue weighted by Crippen LogP contribution is -2.36. The van der Waals surface area contributed by atoms with Crippen molar-refractivity contribution in [2.75, 3.05) is 13.2 Å². The molecule has 0 saturated heterocycles. The van der Waals surface area contributed by atoms with Gasteiger partial charge in [0, 0.05) is 12.6 Å². The first kappa shape index (κ1) is 14.7. The molecule has 0 aliphatic carbocycles. The lowest BCUT2D eigenvalue weighted by molar-refractivity contribution is -0.323. The van der Waals surface area contributed by atoms with Crippen LogP contribution in [0.4, 0.5) is 13.2 Å². The third-order valence-electron chi connectivity index (χ3n) is 2.59. The smallest absolute Gasteiger partial charge is 0.312 e. The summed E-state index contributed by atoms with van der Waals surface area (Å²) in [6.07, 6.45) is -2.45. The van der Waals surface area contributed by atoms with Crippen LogP contribution in [0.15, 0.2) is 0 Å². The monoisotopic (exact) mass is 227 g/mol. The van der Waals surface area contributed by atoms with Gasteiger partial charge in [0.05, 0.1) is 6.61 Å². The second kappa shape index (κ2) is 7.06. The molecule has 0 aliphatic rings. The highest BCUT2D eigenvalue weighted by Gasteiger charge is 2.28. The second-order valence-corrected chi connectivity index (χ2v) is 3.61. The Morgan fingerprint density at radius 2 is 1.73 bits per heavy atom. The highest BCUT2D eigenvalue weighted by molar-refractivity contribution is 4.69. The topological polar surface area (TPSA) is 21.3 Å². The van der Waals surface area contributed by atoms with Crippen LogP contribution < -0.4 is 5.32 Å². The van der Waals surface area contributed by atoms with Crippen LogP contribution in [0.1, 0.15) is 33.6 Å². The van der Waals surface area contributed by atoms with Crippen molar-refractivity contribution in [3.63, 3.8) is 0 Å². The van der Waals surface area contributed by atoms with Crippen LogP contribution in [0.2, 0.25) is 0 Å². The van der Waals surface area contributed by atoms with Crippen molar-refractivity contribution in [1.29, 1.82) is 0 Å².